The number of thiol groups is 1. The summed E-state index contributed by atoms with van der Waals surface area (Å²) in [6.07, 6.45) is -5.58. The molecule has 0 aromatic heterocycles. The van der Waals surface area contributed by atoms with Crippen molar-refractivity contribution in [3.63, 3.8) is 0 Å². The van der Waals surface area contributed by atoms with Crippen LogP contribution < -0.4 is 0 Å². The highest BCUT2D eigenvalue weighted by atomic mass is 32.1. The summed E-state index contributed by atoms with van der Waals surface area (Å²) in [6.45, 7) is -0.318. The Bertz CT molecular complexity index is 530. The Hall–Kier alpha value is -1.28. The van der Waals surface area contributed by atoms with E-state index in [1.807, 2.05) is 0 Å². The van der Waals surface area contributed by atoms with Gasteiger partial charge in [-0.1, -0.05) is 6.58 Å². The lowest BCUT2D eigenvalue weighted by molar-refractivity contribution is -0.414. The molecule has 0 N–H and O–H groups in total. The highest BCUT2D eigenvalue weighted by Gasteiger charge is 2.87. The lowest BCUT2D eigenvalue weighted by atomic mass is 9.94. The Morgan fingerprint density at radius 1 is 0.880 bits per heavy atom. The molecule has 0 saturated heterocycles. The molecule has 0 aliphatic heterocycles. The largest absolute Gasteiger partial charge is 0.455 e. The van der Waals surface area contributed by atoms with Crippen molar-refractivity contribution in [2.75, 3.05) is 6.61 Å². The van der Waals surface area contributed by atoms with E-state index in [9.17, 15) is 57.5 Å². The van der Waals surface area contributed by atoms with Crippen molar-refractivity contribution in [3.8, 4) is 0 Å². The minimum atomic E-state index is -7.66. The molecule has 0 amide bonds. The van der Waals surface area contributed by atoms with Gasteiger partial charge in [-0.2, -0.15) is 43.9 Å². The number of rotatable bonds is 8. The summed E-state index contributed by atoms with van der Waals surface area (Å²) in [6, 6.07) is 0. The second-order valence-electron chi connectivity index (χ2n) is 4.37. The average molecular weight is 418 g/mol. The Morgan fingerprint density at radius 3 is 1.60 bits per heavy atom. The third-order valence-electron chi connectivity index (χ3n) is 2.56. The lowest BCUT2D eigenvalue weighted by Gasteiger charge is -2.38. The van der Waals surface area contributed by atoms with Crippen LogP contribution in [0.5, 0.6) is 0 Å². The second kappa shape index (κ2) is 6.79. The minimum Gasteiger partial charge on any atom is -0.455 e. The van der Waals surface area contributed by atoms with Crippen LogP contribution in [-0.4, -0.2) is 48.6 Å². The van der Waals surface area contributed by atoms with Crippen molar-refractivity contribution in [2.45, 2.75) is 36.0 Å². The van der Waals surface area contributed by atoms with Crippen molar-refractivity contribution in [3.05, 3.63) is 11.5 Å². The first-order valence-corrected chi connectivity index (χ1v) is 5.94. The van der Waals surface area contributed by atoms with Crippen LogP contribution in [0.4, 0.5) is 52.7 Å². The van der Waals surface area contributed by atoms with E-state index >= 15 is 0 Å². The SMILES string of the molecule is C=C(S)C(=O)OCC(F)(F)C(F)(F)C(F)(F)C(F)(F)C(F)(F)C(F)F. The zero-order chi connectivity index (χ0) is 20.6. The summed E-state index contributed by atoms with van der Waals surface area (Å²) in [7, 11) is 0. The first kappa shape index (κ1) is 23.7. The Labute approximate surface area is 136 Å². The van der Waals surface area contributed by atoms with Crippen LogP contribution in [0.15, 0.2) is 11.5 Å². The van der Waals surface area contributed by atoms with Gasteiger partial charge in [-0.25, -0.2) is 13.6 Å². The molecule has 148 valence electrons. The number of alkyl halides is 12. The van der Waals surface area contributed by atoms with E-state index in [0.717, 1.165) is 0 Å². The molecule has 0 spiro atoms. The molecule has 0 heterocycles. The Balaban J connectivity index is 5.86. The van der Waals surface area contributed by atoms with Crippen LogP contribution in [0.2, 0.25) is 0 Å². The van der Waals surface area contributed by atoms with E-state index in [1.165, 1.54) is 0 Å². The lowest BCUT2D eigenvalue weighted by Crippen LogP contribution is -2.69. The maximum Gasteiger partial charge on any atom is 0.384 e. The fourth-order valence-corrected chi connectivity index (χ4v) is 1.17. The maximum absolute atomic E-state index is 13.1. The first-order valence-electron chi connectivity index (χ1n) is 5.49. The van der Waals surface area contributed by atoms with Gasteiger partial charge in [0.05, 0.1) is 4.91 Å². The van der Waals surface area contributed by atoms with Crippen LogP contribution in [0, 0.1) is 0 Å². The third-order valence-corrected chi connectivity index (χ3v) is 2.74. The summed E-state index contributed by atoms with van der Waals surface area (Å²) in [5, 5.41) is 0. The fourth-order valence-electron chi connectivity index (χ4n) is 1.10. The molecule has 0 aromatic rings. The fraction of sp³-hybridized carbons (Fsp3) is 0.700. The summed E-state index contributed by atoms with van der Waals surface area (Å²) in [4.78, 5) is 9.69. The van der Waals surface area contributed by atoms with Gasteiger partial charge < -0.3 is 4.74 Å². The molecule has 2 nitrogen and oxygen atoms in total. The summed E-state index contributed by atoms with van der Waals surface area (Å²) in [5.74, 6) is -37.9. The van der Waals surface area contributed by atoms with Crippen LogP contribution in [0.3, 0.4) is 0 Å². The van der Waals surface area contributed by atoms with Gasteiger partial charge in [0.1, 0.15) is 0 Å². The standard InChI is InChI=1S/C10H6F12O2S/c1-3(25)4(23)24-2-6(13,14)8(17,18)10(21,22)9(19,20)7(15,16)5(11)12/h5,25H,1-2H2. The van der Waals surface area contributed by atoms with Gasteiger partial charge >= 0.3 is 42.0 Å². The van der Waals surface area contributed by atoms with E-state index in [4.69, 9.17) is 0 Å². The van der Waals surface area contributed by atoms with Gasteiger partial charge in [0.15, 0.2) is 6.61 Å². The Morgan fingerprint density at radius 2 is 1.28 bits per heavy atom. The second-order valence-corrected chi connectivity index (χ2v) is 4.91. The molecule has 0 bridgehead atoms. The van der Waals surface area contributed by atoms with Gasteiger partial charge in [0.25, 0.3) is 0 Å². The van der Waals surface area contributed by atoms with Gasteiger partial charge in [0, 0.05) is 0 Å². The predicted molar refractivity (Wildman–Crippen MR) is 59.8 cm³/mol. The van der Waals surface area contributed by atoms with E-state index in [2.05, 4.69) is 23.9 Å². The van der Waals surface area contributed by atoms with Crippen molar-refractivity contribution in [1.29, 1.82) is 0 Å². The number of halogens is 12. The zero-order valence-electron chi connectivity index (χ0n) is 11.3. The van der Waals surface area contributed by atoms with E-state index in [0.29, 0.717) is 0 Å². The average Bonchev–Trinajstić information content (AvgIpc) is 2.43. The van der Waals surface area contributed by atoms with E-state index in [-0.39, 0.29) is 0 Å². The number of carbonyl (C=O) groups is 1. The molecule has 0 fully saturated rings. The number of carbonyl (C=O) groups excluding carboxylic acids is 1. The van der Waals surface area contributed by atoms with Crippen LogP contribution in [-0.2, 0) is 9.53 Å². The molecule has 0 aliphatic rings. The number of hydrogen-bond acceptors (Lipinski definition) is 3. The summed E-state index contributed by atoms with van der Waals surface area (Å²) in [5.41, 5.74) is 0. The third kappa shape index (κ3) is 3.79. The molecule has 0 unspecified atom stereocenters. The van der Waals surface area contributed by atoms with E-state index in [1.54, 1.807) is 0 Å². The van der Waals surface area contributed by atoms with Crippen molar-refractivity contribution >= 4 is 18.6 Å². The van der Waals surface area contributed by atoms with Gasteiger partial charge in [0.2, 0.25) is 0 Å². The molecule has 25 heavy (non-hydrogen) atoms. The van der Waals surface area contributed by atoms with Crippen LogP contribution in [0.1, 0.15) is 0 Å². The van der Waals surface area contributed by atoms with Gasteiger partial charge in [-0.15, -0.1) is 12.6 Å². The maximum atomic E-state index is 13.1. The first-order chi connectivity index (χ1) is 10.8. The molecule has 0 saturated carbocycles. The van der Waals surface area contributed by atoms with Crippen molar-refractivity contribution < 1.29 is 62.2 Å². The molecule has 0 aliphatic carbocycles. The number of hydrogen-bond donors (Lipinski definition) is 1. The van der Waals surface area contributed by atoms with Crippen LogP contribution >= 0.6 is 12.6 Å². The molecule has 0 rings (SSSR count). The molecular formula is C10H6F12O2S. The molecular weight excluding hydrogens is 412 g/mol. The normalized spacial score (nSPS) is 14.6. The van der Waals surface area contributed by atoms with Crippen LogP contribution in [0.25, 0.3) is 0 Å². The molecule has 0 radical (unpaired) electrons. The molecule has 15 heteroatoms. The van der Waals surface area contributed by atoms with Crippen molar-refractivity contribution in [2.24, 2.45) is 0 Å². The monoisotopic (exact) mass is 418 g/mol. The summed E-state index contributed by atoms with van der Waals surface area (Å²) < 4.78 is 156. The highest BCUT2D eigenvalue weighted by Crippen LogP contribution is 2.58. The Kier molecular flexibility index (Phi) is 6.45. The zero-order valence-corrected chi connectivity index (χ0v) is 12.2. The van der Waals surface area contributed by atoms with E-state index < -0.39 is 53.5 Å². The smallest absolute Gasteiger partial charge is 0.384 e. The quantitative estimate of drug-likeness (QED) is 0.274. The predicted octanol–water partition coefficient (Wildman–Crippen LogP) is 4.41. The molecule has 0 atom stereocenters. The summed E-state index contributed by atoms with van der Waals surface area (Å²) >= 11 is 3.11. The topological polar surface area (TPSA) is 26.3 Å². The van der Waals surface area contributed by atoms with Gasteiger partial charge in [-0.05, 0) is 0 Å². The molecule has 0 aromatic carbocycles. The number of esters is 1. The number of ether oxygens (including phenoxy) is 1. The van der Waals surface area contributed by atoms with Crippen molar-refractivity contribution in [1.82, 2.24) is 0 Å². The minimum absolute atomic E-state index is 0.986. The van der Waals surface area contributed by atoms with Gasteiger partial charge in [-0.3, -0.25) is 0 Å². The highest BCUT2D eigenvalue weighted by molar-refractivity contribution is 7.85.